The van der Waals surface area contributed by atoms with Gasteiger partial charge in [-0.1, -0.05) is 15.9 Å². The molecule has 16 heavy (non-hydrogen) atoms. The van der Waals surface area contributed by atoms with E-state index in [0.717, 1.165) is 10.0 Å². The number of methoxy groups -OCH3 is 1. The molecule has 1 aromatic rings. The van der Waals surface area contributed by atoms with Crippen molar-refractivity contribution in [3.05, 3.63) is 28.2 Å². The maximum absolute atomic E-state index is 9.62. The zero-order valence-corrected chi connectivity index (χ0v) is 11.3. The lowest BCUT2D eigenvalue weighted by Gasteiger charge is -2.16. The summed E-state index contributed by atoms with van der Waals surface area (Å²) in [6, 6.07) is 5.59. The molecule has 0 amide bonds. The summed E-state index contributed by atoms with van der Waals surface area (Å²) < 4.78 is 11.6. The van der Waals surface area contributed by atoms with E-state index in [2.05, 4.69) is 15.9 Å². The predicted octanol–water partition coefficient (Wildman–Crippen LogP) is 2.92. The first-order chi connectivity index (χ1) is 7.54. The zero-order valence-electron chi connectivity index (χ0n) is 9.74. The summed E-state index contributed by atoms with van der Waals surface area (Å²) in [4.78, 5) is 0. The molecule has 0 aliphatic rings. The quantitative estimate of drug-likeness (QED) is 0.905. The zero-order chi connectivity index (χ0) is 12.1. The van der Waals surface area contributed by atoms with E-state index in [1.54, 1.807) is 14.0 Å². The molecule has 0 fully saturated rings. The number of halogens is 1. The molecule has 90 valence electrons. The molecular weight excluding hydrogens is 272 g/mol. The first kappa shape index (κ1) is 13.5. The normalized spacial score (nSPS) is 14.6. The van der Waals surface area contributed by atoms with Gasteiger partial charge in [0, 0.05) is 17.1 Å². The molecule has 0 saturated carbocycles. The van der Waals surface area contributed by atoms with Gasteiger partial charge in [0.1, 0.15) is 12.4 Å². The van der Waals surface area contributed by atoms with Crippen LogP contribution in [0.25, 0.3) is 0 Å². The van der Waals surface area contributed by atoms with Crippen molar-refractivity contribution in [2.45, 2.75) is 26.1 Å². The standard InChI is InChI=1S/C12H17BrO3/c1-8(15-3)7-16-12-5-4-10(13)6-11(12)9(2)14/h4-6,8-9,14H,7H2,1-3H3. The van der Waals surface area contributed by atoms with Crippen molar-refractivity contribution in [1.29, 1.82) is 0 Å². The largest absolute Gasteiger partial charge is 0.491 e. The molecule has 0 radical (unpaired) electrons. The summed E-state index contributed by atoms with van der Waals surface area (Å²) in [5.74, 6) is 0.696. The van der Waals surface area contributed by atoms with Crippen LogP contribution in [-0.4, -0.2) is 24.9 Å². The Morgan fingerprint density at radius 2 is 2.06 bits per heavy atom. The van der Waals surface area contributed by atoms with E-state index in [1.165, 1.54) is 0 Å². The van der Waals surface area contributed by atoms with E-state index in [1.807, 2.05) is 25.1 Å². The van der Waals surface area contributed by atoms with Crippen molar-refractivity contribution in [1.82, 2.24) is 0 Å². The van der Waals surface area contributed by atoms with Crippen LogP contribution in [-0.2, 0) is 4.74 Å². The van der Waals surface area contributed by atoms with Gasteiger partial charge in [-0.25, -0.2) is 0 Å². The molecule has 3 nitrogen and oxygen atoms in total. The fourth-order valence-corrected chi connectivity index (χ4v) is 1.63. The molecule has 0 bridgehead atoms. The number of hydrogen-bond acceptors (Lipinski definition) is 3. The van der Waals surface area contributed by atoms with Crippen LogP contribution in [0.3, 0.4) is 0 Å². The van der Waals surface area contributed by atoms with Crippen LogP contribution < -0.4 is 4.74 Å². The Balaban J connectivity index is 2.78. The number of aliphatic hydroxyl groups excluding tert-OH is 1. The van der Waals surface area contributed by atoms with Crippen LogP contribution in [0, 0.1) is 0 Å². The second-order valence-corrected chi connectivity index (χ2v) is 4.63. The van der Waals surface area contributed by atoms with Gasteiger partial charge in [-0.2, -0.15) is 0 Å². The number of aliphatic hydroxyl groups is 1. The molecule has 1 aromatic carbocycles. The number of ether oxygens (including phenoxy) is 2. The Labute approximate surface area is 105 Å². The Morgan fingerprint density at radius 3 is 2.62 bits per heavy atom. The number of hydrogen-bond donors (Lipinski definition) is 1. The lowest BCUT2D eigenvalue weighted by molar-refractivity contribution is 0.0700. The highest BCUT2D eigenvalue weighted by atomic mass is 79.9. The second-order valence-electron chi connectivity index (χ2n) is 3.72. The molecule has 2 atom stereocenters. The summed E-state index contributed by atoms with van der Waals surface area (Å²) in [6.45, 7) is 4.12. The summed E-state index contributed by atoms with van der Waals surface area (Å²) >= 11 is 3.37. The van der Waals surface area contributed by atoms with Gasteiger partial charge in [-0.05, 0) is 32.0 Å². The lowest BCUT2D eigenvalue weighted by Crippen LogP contribution is -2.16. The third-order valence-electron chi connectivity index (χ3n) is 2.30. The van der Waals surface area contributed by atoms with Gasteiger partial charge in [0.15, 0.2) is 0 Å². The summed E-state index contributed by atoms with van der Waals surface area (Å²) in [6.07, 6.45) is -0.518. The van der Waals surface area contributed by atoms with Crippen molar-refractivity contribution in [2.24, 2.45) is 0 Å². The first-order valence-corrected chi connectivity index (χ1v) is 5.97. The molecule has 0 aliphatic carbocycles. The van der Waals surface area contributed by atoms with Gasteiger partial charge >= 0.3 is 0 Å². The van der Waals surface area contributed by atoms with Crippen LogP contribution in [0.15, 0.2) is 22.7 Å². The highest BCUT2D eigenvalue weighted by Gasteiger charge is 2.11. The molecule has 1 rings (SSSR count). The van der Waals surface area contributed by atoms with Gasteiger partial charge in [-0.15, -0.1) is 0 Å². The molecule has 1 N–H and O–H groups in total. The third kappa shape index (κ3) is 3.77. The average Bonchev–Trinajstić information content (AvgIpc) is 2.26. The summed E-state index contributed by atoms with van der Waals surface area (Å²) in [5.41, 5.74) is 0.776. The van der Waals surface area contributed by atoms with Crippen LogP contribution >= 0.6 is 15.9 Å². The molecule has 0 aromatic heterocycles. The van der Waals surface area contributed by atoms with E-state index >= 15 is 0 Å². The second kappa shape index (κ2) is 6.23. The maximum Gasteiger partial charge on any atom is 0.125 e. The van der Waals surface area contributed by atoms with Crippen molar-refractivity contribution < 1.29 is 14.6 Å². The Morgan fingerprint density at radius 1 is 1.38 bits per heavy atom. The number of benzene rings is 1. The molecule has 0 saturated heterocycles. The highest BCUT2D eigenvalue weighted by molar-refractivity contribution is 9.10. The van der Waals surface area contributed by atoms with E-state index in [9.17, 15) is 5.11 Å². The van der Waals surface area contributed by atoms with Crippen molar-refractivity contribution >= 4 is 15.9 Å². The first-order valence-electron chi connectivity index (χ1n) is 5.17. The summed E-state index contributed by atoms with van der Waals surface area (Å²) in [5, 5.41) is 9.62. The molecule has 0 spiro atoms. The molecule has 0 heterocycles. The summed E-state index contributed by atoms with van der Waals surface area (Å²) in [7, 11) is 1.64. The van der Waals surface area contributed by atoms with Crippen molar-refractivity contribution in [3.8, 4) is 5.75 Å². The van der Waals surface area contributed by atoms with Crippen molar-refractivity contribution in [2.75, 3.05) is 13.7 Å². The van der Waals surface area contributed by atoms with E-state index < -0.39 is 6.10 Å². The maximum atomic E-state index is 9.62. The van der Waals surface area contributed by atoms with Crippen LogP contribution in [0.4, 0.5) is 0 Å². The van der Waals surface area contributed by atoms with Crippen molar-refractivity contribution in [3.63, 3.8) is 0 Å². The SMILES string of the molecule is COC(C)COc1ccc(Br)cc1C(C)O. The fraction of sp³-hybridized carbons (Fsp3) is 0.500. The third-order valence-corrected chi connectivity index (χ3v) is 2.79. The smallest absolute Gasteiger partial charge is 0.125 e. The monoisotopic (exact) mass is 288 g/mol. The van der Waals surface area contributed by atoms with Crippen LogP contribution in [0.5, 0.6) is 5.75 Å². The lowest BCUT2D eigenvalue weighted by atomic mass is 10.1. The minimum Gasteiger partial charge on any atom is -0.491 e. The van der Waals surface area contributed by atoms with E-state index in [4.69, 9.17) is 9.47 Å². The Kier molecular flexibility index (Phi) is 5.25. The molecule has 4 heteroatoms. The van der Waals surface area contributed by atoms with Gasteiger partial charge < -0.3 is 14.6 Å². The number of rotatable bonds is 5. The average molecular weight is 289 g/mol. The van der Waals surface area contributed by atoms with Crippen LogP contribution in [0.2, 0.25) is 0 Å². The van der Waals surface area contributed by atoms with E-state index in [0.29, 0.717) is 12.4 Å². The molecule has 0 aliphatic heterocycles. The Hall–Kier alpha value is -0.580. The minimum absolute atomic E-state index is 0.0329. The fourth-order valence-electron chi connectivity index (χ4n) is 1.25. The minimum atomic E-state index is -0.551. The highest BCUT2D eigenvalue weighted by Crippen LogP contribution is 2.28. The Bertz CT molecular complexity index is 339. The van der Waals surface area contributed by atoms with Gasteiger partial charge in [-0.3, -0.25) is 0 Å². The molecule has 2 unspecified atom stereocenters. The predicted molar refractivity (Wildman–Crippen MR) is 66.7 cm³/mol. The van der Waals surface area contributed by atoms with Gasteiger partial charge in [0.2, 0.25) is 0 Å². The van der Waals surface area contributed by atoms with Gasteiger partial charge in [0.05, 0.1) is 12.2 Å². The van der Waals surface area contributed by atoms with E-state index in [-0.39, 0.29) is 6.10 Å². The van der Waals surface area contributed by atoms with Gasteiger partial charge in [0.25, 0.3) is 0 Å². The topological polar surface area (TPSA) is 38.7 Å². The molecular formula is C12H17BrO3. The van der Waals surface area contributed by atoms with Crippen LogP contribution in [0.1, 0.15) is 25.5 Å².